The van der Waals surface area contributed by atoms with Crippen molar-refractivity contribution in [2.75, 3.05) is 6.54 Å². The largest absolute Gasteiger partial charge is 0.340 e. The number of hydrogen-bond acceptors (Lipinski definition) is 1. The van der Waals surface area contributed by atoms with E-state index in [1.165, 1.54) is 0 Å². The van der Waals surface area contributed by atoms with Crippen LogP contribution in [0, 0.1) is 0 Å². The first-order valence-corrected chi connectivity index (χ1v) is 6.02. The van der Waals surface area contributed by atoms with Crippen molar-refractivity contribution in [2.24, 2.45) is 0 Å². The smallest absolute Gasteiger partial charge is 0.111 e. The van der Waals surface area contributed by atoms with Crippen LogP contribution >= 0.6 is 0 Å². The summed E-state index contributed by atoms with van der Waals surface area (Å²) in [7, 11) is -0.640. The van der Waals surface area contributed by atoms with E-state index in [2.05, 4.69) is 39.2 Å². The molecule has 0 aliphatic carbocycles. The Morgan fingerprint density at radius 2 is 1.78 bits per heavy atom. The maximum absolute atomic E-state index is 3.52. The topological polar surface area (TPSA) is 12.0 Å². The van der Waals surface area contributed by atoms with E-state index in [-0.39, 0.29) is 0 Å². The SMILES string of the molecule is CCN[SiH](C)C(C)(C)C. The van der Waals surface area contributed by atoms with Gasteiger partial charge >= 0.3 is 0 Å². The van der Waals surface area contributed by atoms with Gasteiger partial charge in [0, 0.05) is 0 Å². The third-order valence-corrected chi connectivity index (χ3v) is 5.43. The van der Waals surface area contributed by atoms with Crippen molar-refractivity contribution in [2.45, 2.75) is 39.3 Å². The van der Waals surface area contributed by atoms with Gasteiger partial charge in [0.15, 0.2) is 0 Å². The molecule has 1 atom stereocenters. The lowest BCUT2D eigenvalue weighted by Gasteiger charge is -2.25. The molecular weight excluding hydrogens is 126 g/mol. The minimum absolute atomic E-state index is 0.538. The molecule has 0 spiro atoms. The van der Waals surface area contributed by atoms with Crippen LogP contribution in [0.2, 0.25) is 11.6 Å². The van der Waals surface area contributed by atoms with Crippen molar-refractivity contribution in [3.63, 3.8) is 0 Å². The monoisotopic (exact) mass is 145 g/mol. The molecule has 0 radical (unpaired) electrons. The zero-order valence-electron chi connectivity index (χ0n) is 7.28. The molecule has 1 unspecified atom stereocenters. The van der Waals surface area contributed by atoms with Crippen LogP contribution in [-0.2, 0) is 0 Å². The number of hydrogen-bond donors (Lipinski definition) is 1. The first-order valence-electron chi connectivity index (χ1n) is 3.72. The summed E-state index contributed by atoms with van der Waals surface area (Å²) in [5, 5.41) is 0.538. The van der Waals surface area contributed by atoms with Crippen LogP contribution in [0.1, 0.15) is 27.7 Å². The van der Waals surface area contributed by atoms with Crippen LogP contribution in [0.4, 0.5) is 0 Å². The molecule has 0 aromatic heterocycles. The number of rotatable bonds is 2. The van der Waals surface area contributed by atoms with Gasteiger partial charge in [-0.2, -0.15) is 0 Å². The van der Waals surface area contributed by atoms with Crippen molar-refractivity contribution in [3.05, 3.63) is 0 Å². The Balaban J connectivity index is 3.59. The van der Waals surface area contributed by atoms with Gasteiger partial charge in [-0.25, -0.2) is 0 Å². The Morgan fingerprint density at radius 1 is 1.33 bits per heavy atom. The fourth-order valence-corrected chi connectivity index (χ4v) is 1.84. The molecule has 9 heavy (non-hydrogen) atoms. The van der Waals surface area contributed by atoms with Gasteiger partial charge in [0.05, 0.1) is 0 Å². The maximum Gasteiger partial charge on any atom is 0.111 e. The first kappa shape index (κ1) is 9.18. The first-order chi connectivity index (χ1) is 3.98. The molecule has 0 aliphatic rings. The zero-order valence-corrected chi connectivity index (χ0v) is 8.44. The lowest BCUT2D eigenvalue weighted by molar-refractivity contribution is 0.713. The van der Waals surface area contributed by atoms with Crippen molar-refractivity contribution < 1.29 is 0 Å². The summed E-state index contributed by atoms with van der Waals surface area (Å²) in [5.41, 5.74) is 0. The molecule has 0 aliphatic heterocycles. The van der Waals surface area contributed by atoms with Crippen LogP contribution < -0.4 is 4.98 Å². The lowest BCUT2D eigenvalue weighted by Crippen LogP contribution is -2.38. The van der Waals surface area contributed by atoms with Gasteiger partial charge in [-0.1, -0.05) is 34.2 Å². The fraction of sp³-hybridized carbons (Fsp3) is 1.00. The minimum atomic E-state index is -0.640. The minimum Gasteiger partial charge on any atom is -0.340 e. The highest BCUT2D eigenvalue weighted by Crippen LogP contribution is 2.24. The van der Waals surface area contributed by atoms with Crippen molar-refractivity contribution in [1.29, 1.82) is 0 Å². The van der Waals surface area contributed by atoms with Crippen LogP contribution in [0.25, 0.3) is 0 Å². The van der Waals surface area contributed by atoms with Gasteiger partial charge in [-0.3, -0.25) is 0 Å². The highest BCUT2D eigenvalue weighted by Gasteiger charge is 2.19. The van der Waals surface area contributed by atoms with E-state index in [1.54, 1.807) is 0 Å². The second-order valence-corrected chi connectivity index (χ2v) is 7.23. The summed E-state index contributed by atoms with van der Waals surface area (Å²) >= 11 is 0. The summed E-state index contributed by atoms with van der Waals surface area (Å²) in [6.07, 6.45) is 0. The number of nitrogens with one attached hydrogen (secondary N) is 1. The van der Waals surface area contributed by atoms with Gasteiger partial charge in [0.2, 0.25) is 0 Å². The summed E-state index contributed by atoms with van der Waals surface area (Å²) in [5.74, 6) is 0. The molecular formula is C7H19NSi. The van der Waals surface area contributed by atoms with E-state index >= 15 is 0 Å². The third kappa shape index (κ3) is 3.70. The summed E-state index contributed by atoms with van der Waals surface area (Å²) in [6, 6.07) is 0. The third-order valence-electron chi connectivity index (χ3n) is 1.81. The molecule has 0 aromatic rings. The van der Waals surface area contributed by atoms with Gasteiger partial charge in [0.1, 0.15) is 8.96 Å². The predicted octanol–water partition coefficient (Wildman–Crippen LogP) is 1.75. The quantitative estimate of drug-likeness (QED) is 0.584. The maximum atomic E-state index is 3.52. The van der Waals surface area contributed by atoms with Crippen LogP contribution in [0.15, 0.2) is 0 Å². The second-order valence-electron chi connectivity index (χ2n) is 3.65. The second kappa shape index (κ2) is 3.37. The fourth-order valence-electron chi connectivity index (χ4n) is 0.612. The molecule has 56 valence electrons. The molecule has 0 saturated heterocycles. The lowest BCUT2D eigenvalue weighted by atomic mass is 10.3. The van der Waals surface area contributed by atoms with Gasteiger partial charge in [-0.05, 0) is 11.6 Å². The summed E-state index contributed by atoms with van der Waals surface area (Å²) in [4.78, 5) is 3.52. The Labute approximate surface area is 60.5 Å². The van der Waals surface area contributed by atoms with Crippen LogP contribution in [0.5, 0.6) is 0 Å². The average molecular weight is 145 g/mol. The Morgan fingerprint density at radius 3 is 1.89 bits per heavy atom. The molecule has 0 amide bonds. The Bertz CT molecular complexity index is 75.5. The van der Waals surface area contributed by atoms with Crippen molar-refractivity contribution >= 4 is 8.96 Å². The molecule has 0 bridgehead atoms. The van der Waals surface area contributed by atoms with Gasteiger partial charge < -0.3 is 4.98 Å². The Hall–Kier alpha value is 0.177. The normalized spacial score (nSPS) is 15.7. The van der Waals surface area contributed by atoms with Crippen molar-refractivity contribution in [3.8, 4) is 0 Å². The van der Waals surface area contributed by atoms with Gasteiger partial charge in [-0.15, -0.1) is 0 Å². The van der Waals surface area contributed by atoms with E-state index in [9.17, 15) is 0 Å². The highest BCUT2D eigenvalue weighted by atomic mass is 28.3. The van der Waals surface area contributed by atoms with E-state index in [0.29, 0.717) is 5.04 Å². The van der Waals surface area contributed by atoms with Crippen LogP contribution in [0.3, 0.4) is 0 Å². The molecule has 0 aromatic carbocycles. The zero-order chi connectivity index (χ0) is 7.49. The molecule has 0 rings (SSSR count). The van der Waals surface area contributed by atoms with E-state index in [1.807, 2.05) is 0 Å². The summed E-state index contributed by atoms with van der Waals surface area (Å²) in [6.45, 7) is 12.6. The molecule has 0 fully saturated rings. The molecule has 1 nitrogen and oxygen atoms in total. The van der Waals surface area contributed by atoms with E-state index < -0.39 is 8.96 Å². The predicted molar refractivity (Wildman–Crippen MR) is 46.4 cm³/mol. The van der Waals surface area contributed by atoms with Gasteiger partial charge in [0.25, 0.3) is 0 Å². The molecule has 1 N–H and O–H groups in total. The standard InChI is InChI=1S/C7H19NSi/c1-6-8-9(5)7(2,3)4/h8-9H,6H2,1-5H3. The average Bonchev–Trinajstić information content (AvgIpc) is 1.64. The molecule has 0 saturated carbocycles. The molecule has 0 heterocycles. The summed E-state index contributed by atoms with van der Waals surface area (Å²) < 4.78 is 0. The highest BCUT2D eigenvalue weighted by molar-refractivity contribution is 6.57. The van der Waals surface area contributed by atoms with E-state index in [0.717, 1.165) is 6.54 Å². The Kier molecular flexibility index (Phi) is 3.44. The van der Waals surface area contributed by atoms with Crippen molar-refractivity contribution in [1.82, 2.24) is 4.98 Å². The van der Waals surface area contributed by atoms with Crippen LogP contribution in [-0.4, -0.2) is 15.5 Å². The molecule has 2 heteroatoms. The van der Waals surface area contributed by atoms with E-state index in [4.69, 9.17) is 0 Å².